The molecule has 2 aliphatic heterocycles. The van der Waals surface area contributed by atoms with Gasteiger partial charge in [-0.05, 0) is 51.2 Å². The van der Waals surface area contributed by atoms with Crippen LogP contribution in [0, 0.1) is 0 Å². The highest BCUT2D eigenvalue weighted by molar-refractivity contribution is 5.97. The first-order chi connectivity index (χ1) is 14.2. The van der Waals surface area contributed by atoms with Gasteiger partial charge in [0.25, 0.3) is 5.91 Å². The molecular weight excluding hydrogens is 366 g/mol. The summed E-state index contributed by atoms with van der Waals surface area (Å²) in [5, 5.41) is 8.26. The lowest BCUT2D eigenvalue weighted by Gasteiger charge is -2.32. The molecule has 1 amide bonds. The molecule has 4 rings (SSSR count). The predicted molar refractivity (Wildman–Crippen MR) is 111 cm³/mol. The molecule has 2 aliphatic rings. The van der Waals surface area contributed by atoms with Crippen LogP contribution < -0.4 is 4.74 Å². The standard InChI is InChI=1S/C22H31N5O2/c1-2-26-17-23-24-21(26)16-25-14-10-18(11-15-25)29-20-9-5-4-8-19(20)22(28)27-12-6-3-7-13-27/h4-5,8-9,17-18H,2-3,6-7,10-16H2,1H3. The lowest BCUT2D eigenvalue weighted by atomic mass is 10.1. The van der Waals surface area contributed by atoms with E-state index in [0.717, 1.165) is 76.5 Å². The van der Waals surface area contributed by atoms with Crippen LogP contribution in [0.5, 0.6) is 5.75 Å². The highest BCUT2D eigenvalue weighted by atomic mass is 16.5. The maximum absolute atomic E-state index is 13.0. The van der Waals surface area contributed by atoms with E-state index in [1.165, 1.54) is 6.42 Å². The van der Waals surface area contributed by atoms with Gasteiger partial charge in [-0.1, -0.05) is 12.1 Å². The van der Waals surface area contributed by atoms with Gasteiger partial charge in [0.05, 0.1) is 12.1 Å². The average molecular weight is 398 g/mol. The molecule has 0 aliphatic carbocycles. The number of likely N-dealkylation sites (tertiary alicyclic amines) is 2. The molecule has 0 saturated carbocycles. The molecule has 0 bridgehead atoms. The second-order valence-corrected chi connectivity index (χ2v) is 7.98. The number of aryl methyl sites for hydroxylation is 1. The minimum absolute atomic E-state index is 0.108. The van der Waals surface area contributed by atoms with Gasteiger partial charge < -0.3 is 14.2 Å². The third kappa shape index (κ3) is 4.78. The Kier molecular flexibility index (Phi) is 6.44. The lowest BCUT2D eigenvalue weighted by molar-refractivity contribution is 0.0701. The first-order valence-corrected chi connectivity index (χ1v) is 10.9. The van der Waals surface area contributed by atoms with E-state index in [0.29, 0.717) is 5.56 Å². The Bertz CT molecular complexity index is 807. The van der Waals surface area contributed by atoms with E-state index in [9.17, 15) is 4.79 Å². The lowest BCUT2D eigenvalue weighted by Crippen LogP contribution is -2.39. The Morgan fingerprint density at radius 2 is 1.86 bits per heavy atom. The molecule has 0 spiro atoms. The minimum atomic E-state index is 0.108. The van der Waals surface area contributed by atoms with Crippen LogP contribution in [0.15, 0.2) is 30.6 Å². The summed E-state index contributed by atoms with van der Waals surface area (Å²) in [4.78, 5) is 17.3. The molecule has 0 radical (unpaired) electrons. The van der Waals surface area contributed by atoms with Crippen molar-refractivity contribution in [3.05, 3.63) is 42.0 Å². The Hall–Kier alpha value is -2.41. The Morgan fingerprint density at radius 3 is 2.62 bits per heavy atom. The summed E-state index contributed by atoms with van der Waals surface area (Å²) >= 11 is 0. The van der Waals surface area contributed by atoms with Crippen molar-refractivity contribution in [2.45, 2.75) is 58.2 Å². The fourth-order valence-corrected chi connectivity index (χ4v) is 4.24. The molecule has 1 aromatic carbocycles. The zero-order valence-electron chi connectivity index (χ0n) is 17.3. The third-order valence-electron chi connectivity index (χ3n) is 5.99. The van der Waals surface area contributed by atoms with Crippen molar-refractivity contribution in [2.24, 2.45) is 0 Å². The van der Waals surface area contributed by atoms with Gasteiger partial charge in [0.1, 0.15) is 24.0 Å². The number of aromatic nitrogens is 3. The fraction of sp³-hybridized carbons (Fsp3) is 0.591. The highest BCUT2D eigenvalue weighted by Gasteiger charge is 2.25. The predicted octanol–water partition coefficient (Wildman–Crippen LogP) is 2.97. The molecule has 0 N–H and O–H groups in total. The number of hydrogen-bond donors (Lipinski definition) is 0. The van der Waals surface area contributed by atoms with Gasteiger partial charge in [0.2, 0.25) is 0 Å². The molecule has 7 heteroatoms. The molecule has 0 unspecified atom stereocenters. The maximum atomic E-state index is 13.0. The van der Waals surface area contributed by atoms with Crippen molar-refractivity contribution in [1.29, 1.82) is 0 Å². The number of carbonyl (C=O) groups is 1. The topological polar surface area (TPSA) is 63.5 Å². The second kappa shape index (κ2) is 9.39. The molecule has 29 heavy (non-hydrogen) atoms. The van der Waals surface area contributed by atoms with Gasteiger partial charge in [-0.2, -0.15) is 0 Å². The molecule has 0 atom stereocenters. The number of nitrogens with zero attached hydrogens (tertiary/aromatic N) is 5. The zero-order chi connectivity index (χ0) is 20.1. The van der Waals surface area contributed by atoms with E-state index >= 15 is 0 Å². The van der Waals surface area contributed by atoms with E-state index in [-0.39, 0.29) is 12.0 Å². The van der Waals surface area contributed by atoms with Crippen LogP contribution in [-0.4, -0.2) is 62.8 Å². The number of piperidine rings is 2. The van der Waals surface area contributed by atoms with Crippen molar-refractivity contribution in [1.82, 2.24) is 24.6 Å². The highest BCUT2D eigenvalue weighted by Crippen LogP contribution is 2.26. The normalized spacial score (nSPS) is 18.7. The summed E-state index contributed by atoms with van der Waals surface area (Å²) in [5.74, 6) is 1.85. The largest absolute Gasteiger partial charge is 0.489 e. The van der Waals surface area contributed by atoms with Gasteiger partial charge in [0, 0.05) is 32.7 Å². The van der Waals surface area contributed by atoms with Crippen LogP contribution in [0.4, 0.5) is 0 Å². The van der Waals surface area contributed by atoms with Crippen LogP contribution in [0.1, 0.15) is 55.2 Å². The molecule has 156 valence electrons. The quantitative estimate of drug-likeness (QED) is 0.750. The number of hydrogen-bond acceptors (Lipinski definition) is 5. The summed E-state index contributed by atoms with van der Waals surface area (Å²) in [6.45, 7) is 7.46. The van der Waals surface area contributed by atoms with Gasteiger partial charge >= 0.3 is 0 Å². The Balaban J connectivity index is 1.34. The number of ether oxygens (including phenoxy) is 1. The number of benzene rings is 1. The summed E-state index contributed by atoms with van der Waals surface area (Å²) in [6.07, 6.45) is 7.25. The van der Waals surface area contributed by atoms with Crippen molar-refractivity contribution in [3.8, 4) is 5.75 Å². The molecule has 1 aromatic heterocycles. The van der Waals surface area contributed by atoms with E-state index in [1.807, 2.05) is 29.2 Å². The summed E-state index contributed by atoms with van der Waals surface area (Å²) in [7, 11) is 0. The second-order valence-electron chi connectivity index (χ2n) is 7.98. The van der Waals surface area contributed by atoms with E-state index in [2.05, 4.69) is 26.6 Å². The molecule has 7 nitrogen and oxygen atoms in total. The molecule has 2 fully saturated rings. The summed E-state index contributed by atoms with van der Waals surface area (Å²) < 4.78 is 8.41. The maximum Gasteiger partial charge on any atom is 0.257 e. The van der Waals surface area contributed by atoms with Crippen molar-refractivity contribution in [2.75, 3.05) is 26.2 Å². The smallest absolute Gasteiger partial charge is 0.257 e. The molecule has 3 heterocycles. The first kappa shape index (κ1) is 19.9. The first-order valence-electron chi connectivity index (χ1n) is 10.9. The van der Waals surface area contributed by atoms with E-state index in [4.69, 9.17) is 4.74 Å². The number of rotatable bonds is 6. The van der Waals surface area contributed by atoms with Gasteiger partial charge in [0.15, 0.2) is 0 Å². The van der Waals surface area contributed by atoms with Crippen LogP contribution in [-0.2, 0) is 13.1 Å². The van der Waals surface area contributed by atoms with Gasteiger partial charge in [-0.15, -0.1) is 10.2 Å². The monoisotopic (exact) mass is 397 g/mol. The fourth-order valence-electron chi connectivity index (χ4n) is 4.24. The van der Waals surface area contributed by atoms with Gasteiger partial charge in [-0.25, -0.2) is 0 Å². The van der Waals surface area contributed by atoms with Gasteiger partial charge in [-0.3, -0.25) is 9.69 Å². The van der Waals surface area contributed by atoms with Crippen molar-refractivity contribution < 1.29 is 9.53 Å². The van der Waals surface area contributed by atoms with Crippen LogP contribution in [0.2, 0.25) is 0 Å². The summed E-state index contributed by atoms with van der Waals surface area (Å²) in [6, 6.07) is 7.72. The Morgan fingerprint density at radius 1 is 1.10 bits per heavy atom. The number of amides is 1. The SMILES string of the molecule is CCn1cnnc1CN1CCC(Oc2ccccc2C(=O)N2CCCCC2)CC1. The van der Waals surface area contributed by atoms with Crippen molar-refractivity contribution >= 4 is 5.91 Å². The van der Waals surface area contributed by atoms with Crippen LogP contribution >= 0.6 is 0 Å². The minimum Gasteiger partial charge on any atom is -0.489 e. The van der Waals surface area contributed by atoms with Crippen LogP contribution in [0.25, 0.3) is 0 Å². The Labute approximate surface area is 172 Å². The van der Waals surface area contributed by atoms with E-state index in [1.54, 1.807) is 6.33 Å². The third-order valence-corrected chi connectivity index (χ3v) is 5.99. The molecule has 2 saturated heterocycles. The van der Waals surface area contributed by atoms with Crippen LogP contribution in [0.3, 0.4) is 0 Å². The summed E-state index contributed by atoms with van der Waals surface area (Å²) in [5.41, 5.74) is 0.702. The number of para-hydroxylation sites is 1. The molecular formula is C22H31N5O2. The van der Waals surface area contributed by atoms with Crippen molar-refractivity contribution in [3.63, 3.8) is 0 Å². The van der Waals surface area contributed by atoms with E-state index < -0.39 is 0 Å². The molecule has 2 aromatic rings. The zero-order valence-corrected chi connectivity index (χ0v) is 17.3. The average Bonchev–Trinajstić information content (AvgIpc) is 3.23. The number of carbonyl (C=O) groups excluding carboxylic acids is 1.